The van der Waals surface area contributed by atoms with Crippen LogP contribution < -0.4 is 10.6 Å². The molecule has 1 amide bonds. The van der Waals surface area contributed by atoms with E-state index in [9.17, 15) is 13.6 Å². The molecular weight excluding hydrogens is 362 g/mol. The Morgan fingerprint density at radius 2 is 1.75 bits per heavy atom. The van der Waals surface area contributed by atoms with Gasteiger partial charge in [-0.2, -0.15) is 0 Å². The molecule has 1 heterocycles. The average molecular weight is 382 g/mol. The fourth-order valence-corrected chi connectivity index (χ4v) is 2.78. The van der Waals surface area contributed by atoms with Crippen LogP contribution in [0.25, 0.3) is 0 Å². The molecule has 0 aliphatic heterocycles. The molecule has 3 rings (SSSR count). The molecule has 0 atom stereocenters. The molecule has 0 bridgehead atoms. The van der Waals surface area contributed by atoms with E-state index in [0.29, 0.717) is 11.5 Å². The molecular formula is C21H20F2N4O. The zero-order valence-corrected chi connectivity index (χ0v) is 15.8. The number of aromatic nitrogens is 2. The van der Waals surface area contributed by atoms with Gasteiger partial charge in [-0.25, -0.2) is 18.7 Å². The summed E-state index contributed by atoms with van der Waals surface area (Å²) < 4.78 is 26.9. The number of amides is 1. The second kappa shape index (κ2) is 8.12. The number of hydrogen-bond acceptors (Lipinski definition) is 4. The van der Waals surface area contributed by atoms with E-state index in [1.165, 1.54) is 12.1 Å². The van der Waals surface area contributed by atoms with E-state index >= 15 is 0 Å². The maximum absolute atomic E-state index is 13.9. The fraction of sp³-hybridized carbons (Fsp3) is 0.190. The minimum atomic E-state index is -0.756. The maximum atomic E-state index is 13.9. The lowest BCUT2D eigenvalue weighted by molar-refractivity contribution is 0.102. The van der Waals surface area contributed by atoms with Crippen molar-refractivity contribution in [2.24, 2.45) is 0 Å². The molecule has 28 heavy (non-hydrogen) atoms. The summed E-state index contributed by atoms with van der Waals surface area (Å²) in [6.07, 6.45) is 0. The number of nitrogens with one attached hydrogen (secondary N) is 2. The number of anilines is 3. The molecule has 1 aromatic heterocycles. The van der Waals surface area contributed by atoms with Crippen molar-refractivity contribution in [3.05, 3.63) is 77.2 Å². The van der Waals surface area contributed by atoms with Crippen LogP contribution in [-0.2, 0) is 0 Å². The molecule has 2 N–H and O–H groups in total. The fourth-order valence-electron chi connectivity index (χ4n) is 2.78. The zero-order chi connectivity index (χ0) is 20.3. The van der Waals surface area contributed by atoms with Crippen molar-refractivity contribution in [1.29, 1.82) is 0 Å². The molecule has 0 saturated heterocycles. The second-order valence-electron chi connectivity index (χ2n) is 6.63. The minimum absolute atomic E-state index is 0.0519. The molecule has 0 unspecified atom stereocenters. The van der Waals surface area contributed by atoms with Crippen LogP contribution in [0.15, 0.2) is 48.5 Å². The predicted molar refractivity (Wildman–Crippen MR) is 105 cm³/mol. The molecule has 0 fully saturated rings. The van der Waals surface area contributed by atoms with Crippen LogP contribution in [-0.4, -0.2) is 15.9 Å². The number of carbonyl (C=O) groups is 1. The maximum Gasteiger partial charge on any atom is 0.274 e. The third-order valence-electron chi connectivity index (χ3n) is 4.10. The van der Waals surface area contributed by atoms with Gasteiger partial charge >= 0.3 is 0 Å². The zero-order valence-electron chi connectivity index (χ0n) is 15.8. The van der Waals surface area contributed by atoms with Crippen molar-refractivity contribution in [2.75, 3.05) is 10.6 Å². The van der Waals surface area contributed by atoms with Gasteiger partial charge in [-0.15, -0.1) is 0 Å². The summed E-state index contributed by atoms with van der Waals surface area (Å²) in [6, 6.07) is 12.1. The number of hydrogen-bond donors (Lipinski definition) is 2. The van der Waals surface area contributed by atoms with Crippen LogP contribution in [0.2, 0.25) is 0 Å². The first-order chi connectivity index (χ1) is 13.3. The first-order valence-corrected chi connectivity index (χ1v) is 8.81. The molecule has 3 aromatic rings. The quantitative estimate of drug-likeness (QED) is 0.638. The van der Waals surface area contributed by atoms with Gasteiger partial charge in [0.1, 0.15) is 29.0 Å². The number of benzene rings is 2. The van der Waals surface area contributed by atoms with Crippen molar-refractivity contribution in [2.45, 2.75) is 26.7 Å². The summed E-state index contributed by atoms with van der Waals surface area (Å²) in [5.74, 6) is -1.02. The third kappa shape index (κ3) is 4.49. The van der Waals surface area contributed by atoms with E-state index in [1.54, 1.807) is 6.92 Å². The highest BCUT2D eigenvalue weighted by molar-refractivity contribution is 6.03. The molecule has 7 heteroatoms. The van der Waals surface area contributed by atoms with Crippen LogP contribution in [0.4, 0.5) is 26.0 Å². The van der Waals surface area contributed by atoms with Gasteiger partial charge in [0.25, 0.3) is 5.91 Å². The highest BCUT2D eigenvalue weighted by Gasteiger charge is 2.14. The van der Waals surface area contributed by atoms with E-state index < -0.39 is 17.5 Å². The highest BCUT2D eigenvalue weighted by atomic mass is 19.1. The lowest BCUT2D eigenvalue weighted by Crippen LogP contribution is -2.16. The van der Waals surface area contributed by atoms with Crippen LogP contribution in [0, 0.1) is 18.6 Å². The summed E-state index contributed by atoms with van der Waals surface area (Å²) in [7, 11) is 0. The lowest BCUT2D eigenvalue weighted by atomic mass is 10.0. The average Bonchev–Trinajstić information content (AvgIpc) is 2.64. The topological polar surface area (TPSA) is 66.9 Å². The van der Waals surface area contributed by atoms with Gasteiger partial charge in [0.05, 0.1) is 5.69 Å². The van der Waals surface area contributed by atoms with E-state index in [1.807, 2.05) is 38.1 Å². The van der Waals surface area contributed by atoms with Crippen LogP contribution in [0.5, 0.6) is 0 Å². The van der Waals surface area contributed by atoms with E-state index in [4.69, 9.17) is 0 Å². The molecule has 0 saturated carbocycles. The van der Waals surface area contributed by atoms with Crippen molar-refractivity contribution in [3.63, 3.8) is 0 Å². The Balaban J connectivity index is 1.86. The van der Waals surface area contributed by atoms with Crippen LogP contribution in [0.1, 0.15) is 41.6 Å². The molecule has 2 aromatic carbocycles. The first-order valence-electron chi connectivity index (χ1n) is 8.81. The summed E-state index contributed by atoms with van der Waals surface area (Å²) in [5.41, 5.74) is 1.90. The van der Waals surface area contributed by atoms with Crippen molar-refractivity contribution < 1.29 is 13.6 Å². The highest BCUT2D eigenvalue weighted by Crippen LogP contribution is 2.25. The SMILES string of the molecule is Cc1nc(Nc2ccc(F)cc2F)cc(C(=O)Nc2ccccc2C(C)C)n1. The molecule has 0 aliphatic rings. The Morgan fingerprint density at radius 1 is 1.00 bits per heavy atom. The number of carbonyl (C=O) groups excluding carboxylic acids is 1. The molecule has 0 aliphatic carbocycles. The molecule has 144 valence electrons. The van der Waals surface area contributed by atoms with Crippen molar-refractivity contribution >= 4 is 23.1 Å². The van der Waals surface area contributed by atoms with Crippen molar-refractivity contribution in [1.82, 2.24) is 9.97 Å². The second-order valence-corrected chi connectivity index (χ2v) is 6.63. The Bertz CT molecular complexity index is 1020. The summed E-state index contributed by atoms with van der Waals surface area (Å²) in [6.45, 7) is 5.71. The minimum Gasteiger partial charge on any atom is -0.338 e. The van der Waals surface area contributed by atoms with Gasteiger partial charge in [-0.05, 0) is 36.6 Å². The van der Waals surface area contributed by atoms with E-state index in [-0.39, 0.29) is 23.1 Å². The van der Waals surface area contributed by atoms with Gasteiger partial charge < -0.3 is 10.6 Å². The molecule has 0 radical (unpaired) electrons. The van der Waals surface area contributed by atoms with Gasteiger partial charge in [-0.1, -0.05) is 32.0 Å². The summed E-state index contributed by atoms with van der Waals surface area (Å²) >= 11 is 0. The summed E-state index contributed by atoms with van der Waals surface area (Å²) in [4.78, 5) is 21.0. The Hall–Kier alpha value is -3.35. The Morgan fingerprint density at radius 3 is 2.46 bits per heavy atom. The first kappa shape index (κ1) is 19.4. The van der Waals surface area contributed by atoms with Gasteiger partial charge in [0, 0.05) is 17.8 Å². The van der Waals surface area contributed by atoms with Gasteiger partial charge in [0.15, 0.2) is 0 Å². The predicted octanol–water partition coefficient (Wildman–Crippen LogP) is 5.18. The number of rotatable bonds is 5. The largest absolute Gasteiger partial charge is 0.338 e. The molecule has 0 spiro atoms. The standard InChI is InChI=1S/C21H20F2N4O/c1-12(2)15-6-4-5-7-17(15)27-21(28)19-11-20(25-13(3)24-19)26-18-9-8-14(22)10-16(18)23/h4-12H,1-3H3,(H,27,28)(H,24,25,26). The third-order valence-corrected chi connectivity index (χ3v) is 4.10. The van der Waals surface area contributed by atoms with Gasteiger partial charge in [0.2, 0.25) is 0 Å². The molecule has 5 nitrogen and oxygen atoms in total. The number of nitrogens with zero attached hydrogens (tertiary/aromatic N) is 2. The summed E-state index contributed by atoms with van der Waals surface area (Å²) in [5, 5.41) is 5.62. The van der Waals surface area contributed by atoms with E-state index in [0.717, 1.165) is 17.7 Å². The van der Waals surface area contributed by atoms with E-state index in [2.05, 4.69) is 20.6 Å². The number of aryl methyl sites for hydroxylation is 1. The van der Waals surface area contributed by atoms with Crippen molar-refractivity contribution in [3.8, 4) is 0 Å². The van der Waals surface area contributed by atoms with Crippen LogP contribution in [0.3, 0.4) is 0 Å². The number of para-hydroxylation sites is 1. The monoisotopic (exact) mass is 382 g/mol. The van der Waals surface area contributed by atoms with Crippen LogP contribution >= 0.6 is 0 Å². The lowest BCUT2D eigenvalue weighted by Gasteiger charge is -2.14. The Kier molecular flexibility index (Phi) is 5.63. The smallest absolute Gasteiger partial charge is 0.274 e. The number of halogens is 2. The Labute approximate surface area is 161 Å². The van der Waals surface area contributed by atoms with Gasteiger partial charge in [-0.3, -0.25) is 4.79 Å². The normalized spacial score (nSPS) is 10.8.